The van der Waals surface area contributed by atoms with Crippen LogP contribution in [0.25, 0.3) is 0 Å². The van der Waals surface area contributed by atoms with E-state index < -0.39 is 10.0 Å². The number of likely N-dealkylation sites (tertiary alicyclic amines) is 1. The molecule has 1 saturated heterocycles. The van der Waals surface area contributed by atoms with Crippen LogP contribution < -0.4 is 5.14 Å². The number of hydrogen-bond donors (Lipinski definition) is 1. The lowest BCUT2D eigenvalue weighted by Gasteiger charge is -2.20. The largest absolute Gasteiger partial charge is 0.345 e. The number of nitrogens with two attached hydrogens (primary N) is 1. The fourth-order valence-electron chi connectivity index (χ4n) is 2.34. The zero-order valence-electron chi connectivity index (χ0n) is 11.0. The third-order valence-electron chi connectivity index (χ3n) is 3.42. The van der Waals surface area contributed by atoms with Gasteiger partial charge in [0, 0.05) is 26.3 Å². The van der Waals surface area contributed by atoms with E-state index in [2.05, 4.69) is 0 Å². The maximum Gasteiger partial charge on any atom is 0.270 e. The molecule has 0 bridgehead atoms. The molecule has 1 aromatic heterocycles. The summed E-state index contributed by atoms with van der Waals surface area (Å²) in [5.41, 5.74) is 0.367. The first kappa shape index (κ1) is 14.1. The van der Waals surface area contributed by atoms with Crippen molar-refractivity contribution in [2.45, 2.75) is 30.6 Å². The molecule has 1 amide bonds. The second-order valence-corrected chi connectivity index (χ2v) is 6.48. The van der Waals surface area contributed by atoms with Crippen LogP contribution in [0.15, 0.2) is 17.2 Å². The lowest BCUT2D eigenvalue weighted by Crippen LogP contribution is -2.32. The molecule has 2 rings (SSSR count). The number of nitrogens with zero attached hydrogens (tertiary/aromatic N) is 2. The van der Waals surface area contributed by atoms with Gasteiger partial charge in [-0.05, 0) is 18.9 Å². The molecule has 0 saturated carbocycles. The van der Waals surface area contributed by atoms with Gasteiger partial charge in [-0.25, -0.2) is 13.6 Å². The average molecular weight is 285 g/mol. The van der Waals surface area contributed by atoms with Crippen LogP contribution in [0.2, 0.25) is 0 Å². The summed E-state index contributed by atoms with van der Waals surface area (Å²) in [5.74, 6) is -0.126. The SMILES string of the molecule is Cn1cc(S(N)(=O)=O)cc1C(=O)N1CCCCCC1. The van der Waals surface area contributed by atoms with Gasteiger partial charge in [-0.2, -0.15) is 0 Å². The van der Waals surface area contributed by atoms with E-state index in [1.54, 1.807) is 11.9 Å². The van der Waals surface area contributed by atoms with Gasteiger partial charge in [-0.3, -0.25) is 4.79 Å². The van der Waals surface area contributed by atoms with Crippen molar-refractivity contribution in [3.63, 3.8) is 0 Å². The highest BCUT2D eigenvalue weighted by Crippen LogP contribution is 2.17. The number of amides is 1. The minimum atomic E-state index is -3.77. The van der Waals surface area contributed by atoms with Crippen molar-refractivity contribution in [3.8, 4) is 0 Å². The van der Waals surface area contributed by atoms with Crippen molar-refractivity contribution < 1.29 is 13.2 Å². The minimum absolute atomic E-state index is 0.0202. The summed E-state index contributed by atoms with van der Waals surface area (Å²) < 4.78 is 24.1. The molecule has 0 radical (unpaired) electrons. The summed E-state index contributed by atoms with van der Waals surface area (Å²) in [4.78, 5) is 14.1. The van der Waals surface area contributed by atoms with Crippen molar-refractivity contribution in [1.29, 1.82) is 0 Å². The maximum absolute atomic E-state index is 12.4. The molecule has 2 N–H and O–H groups in total. The van der Waals surface area contributed by atoms with E-state index in [1.165, 1.54) is 16.8 Å². The third kappa shape index (κ3) is 3.16. The Kier molecular flexibility index (Phi) is 3.96. The van der Waals surface area contributed by atoms with Gasteiger partial charge in [0.2, 0.25) is 10.0 Å². The number of primary sulfonamides is 1. The smallest absolute Gasteiger partial charge is 0.270 e. The van der Waals surface area contributed by atoms with E-state index in [9.17, 15) is 13.2 Å². The lowest BCUT2D eigenvalue weighted by atomic mass is 10.2. The van der Waals surface area contributed by atoms with Gasteiger partial charge in [0.1, 0.15) is 10.6 Å². The number of rotatable bonds is 2. The molecule has 0 aliphatic carbocycles. The van der Waals surface area contributed by atoms with Crippen molar-refractivity contribution in [3.05, 3.63) is 18.0 Å². The Hall–Kier alpha value is -1.34. The van der Waals surface area contributed by atoms with Crippen molar-refractivity contribution >= 4 is 15.9 Å². The van der Waals surface area contributed by atoms with Gasteiger partial charge in [-0.1, -0.05) is 12.8 Å². The topological polar surface area (TPSA) is 85.4 Å². The molecule has 1 aliphatic heterocycles. The van der Waals surface area contributed by atoms with Gasteiger partial charge in [0.25, 0.3) is 5.91 Å². The Labute approximate surface area is 113 Å². The van der Waals surface area contributed by atoms with E-state index >= 15 is 0 Å². The van der Waals surface area contributed by atoms with Gasteiger partial charge in [0.05, 0.1) is 0 Å². The van der Waals surface area contributed by atoms with Crippen LogP contribution in [0.1, 0.15) is 36.2 Å². The Bertz CT molecular complexity index is 569. The lowest BCUT2D eigenvalue weighted by molar-refractivity contribution is 0.0752. The van der Waals surface area contributed by atoms with Crippen LogP contribution in [0.3, 0.4) is 0 Å². The highest BCUT2D eigenvalue weighted by atomic mass is 32.2. The van der Waals surface area contributed by atoms with Crippen LogP contribution in [0.5, 0.6) is 0 Å². The van der Waals surface area contributed by atoms with Gasteiger partial charge in [-0.15, -0.1) is 0 Å². The van der Waals surface area contributed by atoms with E-state index in [-0.39, 0.29) is 10.8 Å². The molecule has 1 fully saturated rings. The molecule has 19 heavy (non-hydrogen) atoms. The second-order valence-electron chi connectivity index (χ2n) is 4.92. The van der Waals surface area contributed by atoms with Crippen LogP contribution in [-0.4, -0.2) is 36.9 Å². The van der Waals surface area contributed by atoms with E-state index in [1.807, 2.05) is 0 Å². The predicted octanol–water partition coefficient (Wildman–Crippen LogP) is 0.689. The second kappa shape index (κ2) is 5.34. The van der Waals surface area contributed by atoms with E-state index in [0.29, 0.717) is 5.69 Å². The van der Waals surface area contributed by atoms with Crippen LogP contribution in [0, 0.1) is 0 Å². The summed E-state index contributed by atoms with van der Waals surface area (Å²) in [6.45, 7) is 1.46. The molecule has 106 valence electrons. The van der Waals surface area contributed by atoms with Crippen LogP contribution >= 0.6 is 0 Å². The Morgan fingerprint density at radius 2 is 1.79 bits per heavy atom. The molecule has 7 heteroatoms. The molecule has 1 aromatic rings. The Morgan fingerprint density at radius 1 is 1.21 bits per heavy atom. The zero-order chi connectivity index (χ0) is 14.0. The average Bonchev–Trinajstić information content (AvgIpc) is 2.57. The first-order valence-corrected chi connectivity index (χ1v) is 7.92. The standard InChI is InChI=1S/C12H19N3O3S/c1-14-9-10(19(13,17)18)8-11(14)12(16)15-6-4-2-3-5-7-15/h8-9H,2-7H2,1H3,(H2,13,17,18). The summed E-state index contributed by atoms with van der Waals surface area (Å²) in [6.07, 6.45) is 5.65. The summed E-state index contributed by atoms with van der Waals surface area (Å²) >= 11 is 0. The number of hydrogen-bond acceptors (Lipinski definition) is 3. The number of carbonyl (C=O) groups excluding carboxylic acids is 1. The molecule has 0 aromatic carbocycles. The predicted molar refractivity (Wildman–Crippen MR) is 71.2 cm³/mol. The van der Waals surface area contributed by atoms with Gasteiger partial charge < -0.3 is 9.47 Å². The third-order valence-corrected chi connectivity index (χ3v) is 4.30. The van der Waals surface area contributed by atoms with E-state index in [0.717, 1.165) is 38.8 Å². The zero-order valence-corrected chi connectivity index (χ0v) is 11.8. The van der Waals surface area contributed by atoms with Crippen molar-refractivity contribution in [2.24, 2.45) is 12.2 Å². The highest BCUT2D eigenvalue weighted by molar-refractivity contribution is 7.89. The van der Waals surface area contributed by atoms with Crippen LogP contribution in [0.4, 0.5) is 0 Å². The Morgan fingerprint density at radius 3 is 2.26 bits per heavy atom. The maximum atomic E-state index is 12.4. The monoisotopic (exact) mass is 285 g/mol. The quantitative estimate of drug-likeness (QED) is 0.867. The number of aryl methyl sites for hydroxylation is 1. The summed E-state index contributed by atoms with van der Waals surface area (Å²) in [7, 11) is -2.11. The number of carbonyl (C=O) groups is 1. The normalized spacial score (nSPS) is 17.3. The fourth-order valence-corrected chi connectivity index (χ4v) is 2.92. The Balaban J connectivity index is 2.26. The van der Waals surface area contributed by atoms with Gasteiger partial charge in [0.15, 0.2) is 0 Å². The van der Waals surface area contributed by atoms with Crippen molar-refractivity contribution in [2.75, 3.05) is 13.1 Å². The van der Waals surface area contributed by atoms with E-state index in [4.69, 9.17) is 5.14 Å². The molecular formula is C12H19N3O3S. The molecule has 1 aliphatic rings. The highest BCUT2D eigenvalue weighted by Gasteiger charge is 2.22. The molecule has 0 atom stereocenters. The minimum Gasteiger partial charge on any atom is -0.345 e. The summed E-state index contributed by atoms with van der Waals surface area (Å²) in [6, 6.07) is 1.35. The molecule has 6 nitrogen and oxygen atoms in total. The summed E-state index contributed by atoms with van der Waals surface area (Å²) in [5, 5.41) is 5.08. The number of sulfonamides is 1. The van der Waals surface area contributed by atoms with Crippen molar-refractivity contribution in [1.82, 2.24) is 9.47 Å². The molecule has 2 heterocycles. The molecule has 0 spiro atoms. The van der Waals surface area contributed by atoms with Crippen LogP contribution in [-0.2, 0) is 17.1 Å². The van der Waals surface area contributed by atoms with Gasteiger partial charge >= 0.3 is 0 Å². The first-order valence-electron chi connectivity index (χ1n) is 6.38. The molecular weight excluding hydrogens is 266 g/mol. The molecule has 0 unspecified atom stereocenters. The first-order chi connectivity index (χ1) is 8.89. The fraction of sp³-hybridized carbons (Fsp3) is 0.583. The number of aromatic nitrogens is 1.